The Labute approximate surface area is 93.5 Å². The molecule has 1 fully saturated rings. The van der Waals surface area contributed by atoms with Crippen LogP contribution in [0.4, 0.5) is 4.79 Å². The van der Waals surface area contributed by atoms with Gasteiger partial charge in [0.15, 0.2) is 0 Å². The number of urea groups is 1. The lowest BCUT2D eigenvalue weighted by Gasteiger charge is -2.28. The summed E-state index contributed by atoms with van der Waals surface area (Å²) in [6, 6.07) is 7.52. The predicted molar refractivity (Wildman–Crippen MR) is 57.6 cm³/mol. The summed E-state index contributed by atoms with van der Waals surface area (Å²) < 4.78 is 0. The van der Waals surface area contributed by atoms with Gasteiger partial charge in [-0.05, 0) is 11.1 Å². The highest BCUT2D eigenvalue weighted by Crippen LogP contribution is 2.28. The molecule has 1 aromatic rings. The van der Waals surface area contributed by atoms with Gasteiger partial charge in [0, 0.05) is 20.0 Å². The highest BCUT2D eigenvalue weighted by molar-refractivity contribution is 6.04. The van der Waals surface area contributed by atoms with E-state index in [9.17, 15) is 9.59 Å². The summed E-state index contributed by atoms with van der Waals surface area (Å²) >= 11 is 0. The molecule has 0 aliphatic carbocycles. The van der Waals surface area contributed by atoms with E-state index >= 15 is 0 Å². The van der Waals surface area contributed by atoms with Crippen molar-refractivity contribution >= 4 is 11.9 Å². The minimum Gasteiger partial charge on any atom is -0.308 e. The topological polar surface area (TPSA) is 40.6 Å². The van der Waals surface area contributed by atoms with E-state index in [1.54, 1.807) is 11.9 Å². The van der Waals surface area contributed by atoms with E-state index in [1.807, 2.05) is 24.3 Å². The Kier molecular flexibility index (Phi) is 1.80. The standard InChI is InChI=1S/C12H12N2O2/c1-13-11(15)10-6-8-4-2-3-5-9(8)7-14(10)12(13)16/h2-5,10H,6-7H2,1H3. The molecule has 16 heavy (non-hydrogen) atoms. The molecule has 0 spiro atoms. The largest absolute Gasteiger partial charge is 0.327 e. The smallest absolute Gasteiger partial charge is 0.308 e. The summed E-state index contributed by atoms with van der Waals surface area (Å²) in [6.45, 7) is 0.551. The highest BCUT2D eigenvalue weighted by Gasteiger charge is 2.45. The number of nitrogens with zero attached hydrogens (tertiary/aromatic N) is 2. The maximum Gasteiger partial charge on any atom is 0.327 e. The number of carbonyl (C=O) groups excluding carboxylic acids is 2. The summed E-state index contributed by atoms with van der Waals surface area (Å²) in [4.78, 5) is 26.5. The SMILES string of the molecule is CN1C(=O)C2Cc3ccccc3CN2C1=O. The predicted octanol–water partition coefficient (Wildman–Crippen LogP) is 1.01. The quantitative estimate of drug-likeness (QED) is 0.607. The maximum atomic E-state index is 11.8. The van der Waals surface area contributed by atoms with Crippen molar-refractivity contribution in [3.8, 4) is 0 Å². The van der Waals surface area contributed by atoms with Crippen LogP contribution >= 0.6 is 0 Å². The van der Waals surface area contributed by atoms with Crippen LogP contribution in [0.5, 0.6) is 0 Å². The molecule has 1 unspecified atom stereocenters. The van der Waals surface area contributed by atoms with Crippen molar-refractivity contribution in [2.24, 2.45) is 0 Å². The van der Waals surface area contributed by atoms with E-state index in [1.165, 1.54) is 10.5 Å². The average Bonchev–Trinajstić information content (AvgIpc) is 2.52. The molecule has 2 aliphatic rings. The third-order valence-corrected chi connectivity index (χ3v) is 3.40. The number of likely N-dealkylation sites (N-methyl/N-ethyl adjacent to an activating group) is 1. The van der Waals surface area contributed by atoms with Gasteiger partial charge in [0.25, 0.3) is 5.91 Å². The number of fused-ring (bicyclic) bond motifs is 2. The van der Waals surface area contributed by atoms with Gasteiger partial charge >= 0.3 is 6.03 Å². The van der Waals surface area contributed by atoms with E-state index in [0.29, 0.717) is 13.0 Å². The van der Waals surface area contributed by atoms with E-state index in [0.717, 1.165) is 5.56 Å². The molecular formula is C12H12N2O2. The lowest BCUT2D eigenvalue weighted by molar-refractivity contribution is -0.127. The van der Waals surface area contributed by atoms with Gasteiger partial charge in [-0.3, -0.25) is 9.69 Å². The molecule has 3 rings (SSSR count). The third kappa shape index (κ3) is 1.10. The van der Waals surface area contributed by atoms with Crippen molar-refractivity contribution in [3.63, 3.8) is 0 Å². The first-order chi connectivity index (χ1) is 7.68. The zero-order chi connectivity index (χ0) is 11.3. The summed E-state index contributed by atoms with van der Waals surface area (Å²) in [6.07, 6.45) is 0.644. The molecule has 0 N–H and O–H groups in total. The van der Waals surface area contributed by atoms with Crippen molar-refractivity contribution in [1.82, 2.24) is 9.80 Å². The Bertz CT molecular complexity index is 441. The van der Waals surface area contributed by atoms with Crippen LogP contribution in [0.25, 0.3) is 0 Å². The van der Waals surface area contributed by atoms with Crippen LogP contribution in [0.3, 0.4) is 0 Å². The second kappa shape index (κ2) is 3.07. The minimum atomic E-state index is -0.285. The Morgan fingerprint density at radius 2 is 1.88 bits per heavy atom. The fourth-order valence-corrected chi connectivity index (χ4v) is 2.46. The van der Waals surface area contributed by atoms with Crippen LogP contribution in [-0.2, 0) is 17.8 Å². The molecular weight excluding hydrogens is 204 g/mol. The van der Waals surface area contributed by atoms with Gasteiger partial charge < -0.3 is 4.90 Å². The molecule has 3 amide bonds. The molecule has 2 aliphatic heterocycles. The monoisotopic (exact) mass is 216 g/mol. The van der Waals surface area contributed by atoms with Crippen molar-refractivity contribution in [2.75, 3.05) is 7.05 Å². The number of rotatable bonds is 0. The number of amides is 3. The normalized spacial score (nSPS) is 23.4. The van der Waals surface area contributed by atoms with E-state index < -0.39 is 0 Å². The van der Waals surface area contributed by atoms with Crippen LogP contribution in [0.1, 0.15) is 11.1 Å². The second-order valence-electron chi connectivity index (χ2n) is 4.30. The fourth-order valence-electron chi connectivity index (χ4n) is 2.46. The van der Waals surface area contributed by atoms with Crippen LogP contribution in [0.2, 0.25) is 0 Å². The van der Waals surface area contributed by atoms with Crippen LogP contribution in [-0.4, -0.2) is 34.8 Å². The first kappa shape index (κ1) is 9.39. The molecule has 4 nitrogen and oxygen atoms in total. The summed E-state index contributed by atoms with van der Waals surface area (Å²) in [5.41, 5.74) is 2.33. The highest BCUT2D eigenvalue weighted by atomic mass is 16.2. The Morgan fingerprint density at radius 1 is 1.19 bits per heavy atom. The first-order valence-corrected chi connectivity index (χ1v) is 5.33. The number of benzene rings is 1. The van der Waals surface area contributed by atoms with Gasteiger partial charge in [0.05, 0.1) is 0 Å². The first-order valence-electron chi connectivity index (χ1n) is 5.33. The molecule has 4 heteroatoms. The van der Waals surface area contributed by atoms with Crippen molar-refractivity contribution < 1.29 is 9.59 Å². The van der Waals surface area contributed by atoms with Gasteiger partial charge in [0.1, 0.15) is 6.04 Å². The number of hydrogen-bond acceptors (Lipinski definition) is 2. The maximum absolute atomic E-state index is 11.8. The molecule has 82 valence electrons. The van der Waals surface area contributed by atoms with E-state index in [-0.39, 0.29) is 18.0 Å². The average molecular weight is 216 g/mol. The zero-order valence-electron chi connectivity index (χ0n) is 9.01. The van der Waals surface area contributed by atoms with Gasteiger partial charge in [-0.15, -0.1) is 0 Å². The minimum absolute atomic E-state index is 0.0838. The van der Waals surface area contributed by atoms with E-state index in [4.69, 9.17) is 0 Å². The lowest BCUT2D eigenvalue weighted by Crippen LogP contribution is -2.39. The Morgan fingerprint density at radius 3 is 2.62 bits per heavy atom. The van der Waals surface area contributed by atoms with E-state index in [2.05, 4.69) is 0 Å². The molecule has 0 bridgehead atoms. The molecule has 0 aromatic heterocycles. The Hall–Kier alpha value is -1.84. The lowest BCUT2D eigenvalue weighted by atomic mass is 9.95. The molecule has 1 atom stereocenters. The van der Waals surface area contributed by atoms with Crippen molar-refractivity contribution in [2.45, 2.75) is 19.0 Å². The van der Waals surface area contributed by atoms with Gasteiger partial charge in [-0.2, -0.15) is 0 Å². The van der Waals surface area contributed by atoms with Crippen molar-refractivity contribution in [1.29, 1.82) is 0 Å². The molecule has 1 aromatic carbocycles. The second-order valence-corrected chi connectivity index (χ2v) is 4.30. The van der Waals surface area contributed by atoms with Gasteiger partial charge in [-0.25, -0.2) is 4.79 Å². The van der Waals surface area contributed by atoms with Crippen LogP contribution in [0.15, 0.2) is 24.3 Å². The van der Waals surface area contributed by atoms with Crippen LogP contribution < -0.4 is 0 Å². The van der Waals surface area contributed by atoms with Crippen LogP contribution in [0, 0.1) is 0 Å². The molecule has 1 saturated heterocycles. The summed E-state index contributed by atoms with van der Waals surface area (Å²) in [5.74, 6) is -0.0838. The van der Waals surface area contributed by atoms with Gasteiger partial charge in [-0.1, -0.05) is 24.3 Å². The third-order valence-electron chi connectivity index (χ3n) is 3.40. The number of hydrogen-bond donors (Lipinski definition) is 0. The Balaban J connectivity index is 2.03. The molecule has 2 heterocycles. The number of imide groups is 1. The number of carbonyl (C=O) groups is 2. The summed E-state index contributed by atoms with van der Waals surface area (Å²) in [5, 5.41) is 0. The van der Waals surface area contributed by atoms with Gasteiger partial charge in [0.2, 0.25) is 0 Å². The van der Waals surface area contributed by atoms with Crippen molar-refractivity contribution in [3.05, 3.63) is 35.4 Å². The fraction of sp³-hybridized carbons (Fsp3) is 0.333. The molecule has 0 radical (unpaired) electrons. The molecule has 0 saturated carbocycles. The zero-order valence-corrected chi connectivity index (χ0v) is 9.01. The summed E-state index contributed by atoms with van der Waals surface area (Å²) in [7, 11) is 1.55.